The third kappa shape index (κ3) is 5.28. The summed E-state index contributed by atoms with van der Waals surface area (Å²) >= 11 is 0. The third-order valence-corrected chi connectivity index (χ3v) is 11.5. The monoisotopic (exact) mass is 481 g/mol. The molecule has 2 aromatic rings. The topological polar surface area (TPSA) is 55.8 Å². The summed E-state index contributed by atoms with van der Waals surface area (Å²) in [4.78, 5) is 27.5. The highest BCUT2D eigenvalue weighted by atomic mass is 28.4. The number of ether oxygens (including phenoxy) is 1. The molecule has 0 aliphatic carbocycles. The second-order valence-corrected chi connectivity index (χ2v) is 15.5. The Morgan fingerprint density at radius 3 is 1.85 bits per heavy atom. The normalized spacial score (nSPS) is 19.4. The van der Waals surface area contributed by atoms with Crippen LogP contribution in [0.25, 0.3) is 0 Å². The quantitative estimate of drug-likeness (QED) is 0.537. The molecule has 34 heavy (non-hydrogen) atoms. The van der Waals surface area contributed by atoms with Crippen LogP contribution in [0.4, 0.5) is 4.79 Å². The van der Waals surface area contributed by atoms with E-state index in [1.54, 1.807) is 0 Å². The first kappa shape index (κ1) is 26.2. The number of hydrogen-bond donors (Lipinski definition) is 0. The fourth-order valence-corrected chi connectivity index (χ4v) is 9.53. The van der Waals surface area contributed by atoms with E-state index < -0.39 is 20.0 Å². The second kappa shape index (κ2) is 10.0. The Kier molecular flexibility index (Phi) is 7.73. The molecule has 1 aliphatic rings. The first-order valence-corrected chi connectivity index (χ1v) is 14.1. The molecule has 1 heterocycles. The summed E-state index contributed by atoms with van der Waals surface area (Å²) in [7, 11) is -2.77. The largest absolute Gasteiger partial charge is 0.443 e. The van der Waals surface area contributed by atoms with E-state index in [9.17, 15) is 9.59 Å². The predicted molar refractivity (Wildman–Crippen MR) is 139 cm³/mol. The summed E-state index contributed by atoms with van der Waals surface area (Å²) in [6.45, 7) is 14.4. The zero-order valence-electron chi connectivity index (χ0n) is 21.6. The number of hydrogen-bond acceptors (Lipinski definition) is 4. The number of amides is 2. The van der Waals surface area contributed by atoms with E-state index in [4.69, 9.17) is 9.16 Å². The van der Waals surface area contributed by atoms with Gasteiger partial charge in [0.25, 0.3) is 8.32 Å². The Labute approximate surface area is 205 Å². The molecule has 1 aliphatic heterocycles. The summed E-state index contributed by atoms with van der Waals surface area (Å²) in [5.41, 5.74) is -0.676. The van der Waals surface area contributed by atoms with Crippen molar-refractivity contribution in [2.24, 2.45) is 5.92 Å². The molecule has 0 N–H and O–H groups in total. The van der Waals surface area contributed by atoms with Crippen molar-refractivity contribution in [1.82, 2.24) is 4.90 Å². The second-order valence-electron chi connectivity index (χ2n) is 11.2. The van der Waals surface area contributed by atoms with Gasteiger partial charge in [-0.05, 0) is 49.0 Å². The van der Waals surface area contributed by atoms with Gasteiger partial charge in [-0.25, -0.2) is 9.69 Å². The van der Waals surface area contributed by atoms with Gasteiger partial charge in [-0.15, -0.1) is 0 Å². The van der Waals surface area contributed by atoms with E-state index in [0.717, 1.165) is 0 Å². The lowest BCUT2D eigenvalue weighted by molar-refractivity contribution is -0.131. The van der Waals surface area contributed by atoms with E-state index in [-0.39, 0.29) is 29.5 Å². The van der Waals surface area contributed by atoms with Crippen LogP contribution in [0.15, 0.2) is 60.7 Å². The highest BCUT2D eigenvalue weighted by Crippen LogP contribution is 2.38. The molecule has 184 valence electrons. The van der Waals surface area contributed by atoms with Crippen molar-refractivity contribution < 1.29 is 18.8 Å². The summed E-state index contributed by atoms with van der Waals surface area (Å²) in [6, 6.07) is 20.5. The SMILES string of the molecule is CC[C@@H]1C[C@@H](CO[Si](c2ccccc2)(c2ccccc2)C(C)(C)C)N(C(=O)OC(C)(C)C)C1=O. The van der Waals surface area contributed by atoms with Crippen molar-refractivity contribution in [2.45, 2.75) is 78.0 Å². The molecule has 2 aromatic carbocycles. The minimum Gasteiger partial charge on any atom is -0.443 e. The van der Waals surface area contributed by atoms with Crippen LogP contribution in [0.5, 0.6) is 0 Å². The fraction of sp³-hybridized carbons (Fsp3) is 0.500. The number of imide groups is 1. The van der Waals surface area contributed by atoms with Gasteiger partial charge in [-0.2, -0.15) is 0 Å². The Morgan fingerprint density at radius 1 is 0.941 bits per heavy atom. The first-order valence-electron chi connectivity index (χ1n) is 12.2. The van der Waals surface area contributed by atoms with E-state index in [0.29, 0.717) is 12.8 Å². The lowest BCUT2D eigenvalue weighted by atomic mass is 10.0. The number of carbonyl (C=O) groups excluding carboxylic acids is 2. The maximum Gasteiger partial charge on any atom is 0.417 e. The van der Waals surface area contributed by atoms with E-state index in [1.165, 1.54) is 15.3 Å². The van der Waals surface area contributed by atoms with E-state index in [1.807, 2.05) is 64.1 Å². The average Bonchev–Trinajstić information content (AvgIpc) is 3.09. The van der Waals surface area contributed by atoms with Crippen LogP contribution < -0.4 is 10.4 Å². The molecule has 6 heteroatoms. The number of carbonyl (C=O) groups is 2. The Hall–Kier alpha value is -2.44. The maximum atomic E-state index is 13.1. The minimum absolute atomic E-state index is 0.159. The Morgan fingerprint density at radius 2 is 1.44 bits per heavy atom. The zero-order chi connectivity index (χ0) is 25.1. The average molecular weight is 482 g/mol. The predicted octanol–water partition coefficient (Wildman–Crippen LogP) is 5.13. The van der Waals surface area contributed by atoms with Gasteiger partial charge in [-0.1, -0.05) is 88.4 Å². The molecule has 3 rings (SSSR count). The van der Waals surface area contributed by atoms with Crippen molar-refractivity contribution in [3.05, 3.63) is 60.7 Å². The molecular formula is C28H39NO4Si. The van der Waals surface area contributed by atoms with Crippen LogP contribution in [0.2, 0.25) is 5.04 Å². The van der Waals surface area contributed by atoms with Crippen molar-refractivity contribution >= 4 is 30.7 Å². The summed E-state index contributed by atoms with van der Waals surface area (Å²) in [6.07, 6.45) is 0.699. The van der Waals surface area contributed by atoms with Gasteiger partial charge in [0.1, 0.15) is 5.60 Å². The van der Waals surface area contributed by atoms with Crippen LogP contribution >= 0.6 is 0 Å². The van der Waals surface area contributed by atoms with E-state index in [2.05, 4.69) is 45.0 Å². The molecular weight excluding hydrogens is 442 g/mol. The highest BCUT2D eigenvalue weighted by Gasteiger charge is 2.52. The smallest absolute Gasteiger partial charge is 0.417 e. The van der Waals surface area contributed by atoms with Crippen LogP contribution in [0.1, 0.15) is 61.3 Å². The molecule has 2 atom stereocenters. The zero-order valence-corrected chi connectivity index (χ0v) is 22.6. The summed E-state index contributed by atoms with van der Waals surface area (Å²) < 4.78 is 12.6. The van der Waals surface area contributed by atoms with Crippen molar-refractivity contribution in [3.8, 4) is 0 Å². The molecule has 1 fully saturated rings. The van der Waals surface area contributed by atoms with Crippen molar-refractivity contribution in [3.63, 3.8) is 0 Å². The number of rotatable bonds is 6. The van der Waals surface area contributed by atoms with Gasteiger partial charge >= 0.3 is 6.09 Å². The fourth-order valence-electron chi connectivity index (χ4n) is 4.93. The molecule has 2 amide bonds. The van der Waals surface area contributed by atoms with Crippen molar-refractivity contribution in [2.75, 3.05) is 6.61 Å². The molecule has 1 saturated heterocycles. The van der Waals surface area contributed by atoms with Gasteiger partial charge in [0.05, 0.1) is 12.6 Å². The molecule has 0 bridgehead atoms. The molecule has 0 unspecified atom stereocenters. The Bertz CT molecular complexity index is 939. The minimum atomic E-state index is -2.77. The van der Waals surface area contributed by atoms with Gasteiger partial charge in [0, 0.05) is 5.92 Å². The van der Waals surface area contributed by atoms with Crippen LogP contribution in [-0.2, 0) is 14.0 Å². The first-order chi connectivity index (χ1) is 15.9. The third-order valence-electron chi connectivity index (χ3n) is 6.50. The number of likely N-dealkylation sites (tertiary alicyclic amines) is 1. The highest BCUT2D eigenvalue weighted by molar-refractivity contribution is 6.99. The number of benzene rings is 2. The number of nitrogens with zero attached hydrogens (tertiary/aromatic N) is 1. The molecule has 0 saturated carbocycles. The van der Waals surface area contributed by atoms with E-state index >= 15 is 0 Å². The van der Waals surface area contributed by atoms with Gasteiger partial charge in [0.2, 0.25) is 5.91 Å². The summed E-state index contributed by atoms with van der Waals surface area (Å²) in [5, 5.41) is 2.17. The standard InChI is InChI=1S/C28H39NO4Si/c1-8-21-19-22(29(25(21)30)26(31)33-27(2,3)4)20-32-34(28(5,6)7,23-15-11-9-12-16-23)24-17-13-10-14-18-24/h9-18,21-22H,8,19-20H2,1-7H3/t21-,22+/m1/s1. The van der Waals surface area contributed by atoms with Crippen molar-refractivity contribution in [1.29, 1.82) is 0 Å². The molecule has 0 radical (unpaired) electrons. The lowest BCUT2D eigenvalue weighted by Gasteiger charge is -2.44. The van der Waals surface area contributed by atoms with Gasteiger partial charge in [-0.3, -0.25) is 4.79 Å². The van der Waals surface area contributed by atoms with Gasteiger partial charge in [0.15, 0.2) is 0 Å². The van der Waals surface area contributed by atoms with Crippen LogP contribution in [0.3, 0.4) is 0 Å². The summed E-state index contributed by atoms with van der Waals surface area (Å²) in [5.74, 6) is -0.354. The molecule has 0 aromatic heterocycles. The van der Waals surface area contributed by atoms with Crippen LogP contribution in [0, 0.1) is 5.92 Å². The van der Waals surface area contributed by atoms with Crippen LogP contribution in [-0.4, -0.2) is 43.5 Å². The maximum absolute atomic E-state index is 13.1. The van der Waals surface area contributed by atoms with Gasteiger partial charge < -0.3 is 9.16 Å². The Balaban J connectivity index is 2.01. The lowest BCUT2D eigenvalue weighted by Crippen LogP contribution is -2.67. The molecule has 0 spiro atoms. The molecule has 5 nitrogen and oxygen atoms in total.